The average molecular weight is 400 g/mol. The second kappa shape index (κ2) is 6.88. The van der Waals surface area contributed by atoms with Crippen LogP contribution in [0.15, 0.2) is 48.1 Å². The van der Waals surface area contributed by atoms with E-state index in [1.54, 1.807) is 29.8 Å². The second-order valence-corrected chi connectivity index (χ2v) is 7.76. The number of thiophene rings is 1. The van der Waals surface area contributed by atoms with Crippen molar-refractivity contribution in [2.75, 3.05) is 5.32 Å². The van der Waals surface area contributed by atoms with Crippen LogP contribution >= 0.6 is 34.5 Å². The van der Waals surface area contributed by atoms with E-state index in [1.165, 1.54) is 16.7 Å². The maximum Gasteiger partial charge on any atom is 0.143 e. The van der Waals surface area contributed by atoms with Gasteiger partial charge in [0.05, 0.1) is 21.1 Å². The molecule has 0 unspecified atom stereocenters. The van der Waals surface area contributed by atoms with Crippen molar-refractivity contribution in [3.63, 3.8) is 0 Å². The molecule has 1 N–H and O–H groups in total. The van der Waals surface area contributed by atoms with Crippen molar-refractivity contribution in [1.82, 2.24) is 9.97 Å². The number of nitrogens with one attached hydrogen (secondary N) is 1. The van der Waals surface area contributed by atoms with Gasteiger partial charge in [-0.3, -0.25) is 0 Å². The van der Waals surface area contributed by atoms with Crippen LogP contribution in [0.5, 0.6) is 0 Å². The topological polar surface area (TPSA) is 37.8 Å². The van der Waals surface area contributed by atoms with E-state index in [0.29, 0.717) is 21.6 Å². The van der Waals surface area contributed by atoms with Crippen molar-refractivity contribution >= 4 is 56.3 Å². The van der Waals surface area contributed by atoms with E-state index in [1.807, 2.05) is 6.07 Å². The van der Waals surface area contributed by atoms with Crippen molar-refractivity contribution in [3.05, 3.63) is 69.3 Å². The summed E-state index contributed by atoms with van der Waals surface area (Å²) in [5.41, 5.74) is 5.38. The Morgan fingerprint density at radius 1 is 0.962 bits per heavy atom. The maximum atomic E-state index is 6.32. The van der Waals surface area contributed by atoms with Crippen LogP contribution in [0.1, 0.15) is 11.1 Å². The smallest absolute Gasteiger partial charge is 0.143 e. The van der Waals surface area contributed by atoms with Gasteiger partial charge in [-0.25, -0.2) is 9.97 Å². The Morgan fingerprint density at radius 2 is 1.73 bits per heavy atom. The van der Waals surface area contributed by atoms with Gasteiger partial charge in [0.2, 0.25) is 0 Å². The highest BCUT2D eigenvalue weighted by atomic mass is 35.5. The van der Waals surface area contributed by atoms with Gasteiger partial charge in [-0.2, -0.15) is 0 Å². The molecule has 0 fully saturated rings. The van der Waals surface area contributed by atoms with Gasteiger partial charge in [0.1, 0.15) is 17.0 Å². The lowest BCUT2D eigenvalue weighted by molar-refractivity contribution is 1.23. The summed E-state index contributed by atoms with van der Waals surface area (Å²) in [6.45, 7) is 4.21. The number of aromatic nitrogens is 2. The molecule has 6 heteroatoms. The molecule has 0 radical (unpaired) electrons. The highest BCUT2D eigenvalue weighted by Crippen LogP contribution is 2.40. The van der Waals surface area contributed by atoms with E-state index >= 15 is 0 Å². The van der Waals surface area contributed by atoms with Crippen LogP contribution in [-0.4, -0.2) is 9.97 Å². The third-order valence-corrected chi connectivity index (χ3v) is 5.76. The summed E-state index contributed by atoms with van der Waals surface area (Å²) in [5.74, 6) is 0.696. The number of anilines is 2. The molecule has 4 rings (SSSR count). The lowest BCUT2D eigenvalue weighted by atomic mass is 9.99. The van der Waals surface area contributed by atoms with Crippen molar-refractivity contribution in [1.29, 1.82) is 0 Å². The number of aryl methyl sites for hydroxylation is 2. The van der Waals surface area contributed by atoms with E-state index in [0.717, 1.165) is 15.8 Å². The molecule has 0 amide bonds. The number of halogens is 2. The number of fused-ring (bicyclic) bond motifs is 1. The Labute approximate surface area is 165 Å². The number of hydrogen-bond acceptors (Lipinski definition) is 4. The zero-order chi connectivity index (χ0) is 18.3. The van der Waals surface area contributed by atoms with Crippen LogP contribution in [0, 0.1) is 13.8 Å². The van der Waals surface area contributed by atoms with Crippen LogP contribution in [0.4, 0.5) is 11.5 Å². The van der Waals surface area contributed by atoms with E-state index in [4.69, 9.17) is 23.2 Å². The first-order chi connectivity index (χ1) is 12.5. The molecule has 0 spiro atoms. The molecule has 4 aromatic rings. The van der Waals surface area contributed by atoms with E-state index in [-0.39, 0.29) is 0 Å². The maximum absolute atomic E-state index is 6.32. The first-order valence-corrected chi connectivity index (χ1v) is 9.69. The van der Waals surface area contributed by atoms with Crippen molar-refractivity contribution in [2.24, 2.45) is 0 Å². The lowest BCUT2D eigenvalue weighted by Gasteiger charge is -2.12. The van der Waals surface area contributed by atoms with Gasteiger partial charge in [0.15, 0.2) is 0 Å². The summed E-state index contributed by atoms with van der Waals surface area (Å²) < 4.78 is 0. The quantitative estimate of drug-likeness (QED) is 0.401. The molecule has 2 aromatic carbocycles. The summed E-state index contributed by atoms with van der Waals surface area (Å²) in [7, 11) is 0. The molecule has 0 saturated heterocycles. The Kier molecular flexibility index (Phi) is 4.57. The number of rotatable bonds is 3. The molecule has 130 valence electrons. The summed E-state index contributed by atoms with van der Waals surface area (Å²) in [5, 5.41) is 7.49. The summed E-state index contributed by atoms with van der Waals surface area (Å²) in [6.07, 6.45) is 1.55. The van der Waals surface area contributed by atoms with Gasteiger partial charge in [-0.05, 0) is 37.1 Å². The second-order valence-electron chi connectivity index (χ2n) is 6.09. The van der Waals surface area contributed by atoms with Gasteiger partial charge >= 0.3 is 0 Å². The van der Waals surface area contributed by atoms with Crippen LogP contribution in [0.3, 0.4) is 0 Å². The minimum atomic E-state index is 0.549. The highest BCUT2D eigenvalue weighted by Gasteiger charge is 2.16. The highest BCUT2D eigenvalue weighted by molar-refractivity contribution is 7.17. The van der Waals surface area contributed by atoms with Gasteiger partial charge in [-0.1, -0.05) is 53.0 Å². The minimum Gasteiger partial charge on any atom is -0.337 e. The predicted molar refractivity (Wildman–Crippen MR) is 112 cm³/mol. The first-order valence-electron chi connectivity index (χ1n) is 8.05. The largest absolute Gasteiger partial charge is 0.337 e. The lowest BCUT2D eigenvalue weighted by Crippen LogP contribution is -1.97. The monoisotopic (exact) mass is 399 g/mol. The molecule has 0 aliphatic rings. The summed E-state index contributed by atoms with van der Waals surface area (Å²) >= 11 is 14.2. The third-order valence-electron chi connectivity index (χ3n) is 4.25. The molecule has 0 atom stereocenters. The van der Waals surface area contributed by atoms with Crippen molar-refractivity contribution < 1.29 is 0 Å². The van der Waals surface area contributed by atoms with Crippen molar-refractivity contribution in [2.45, 2.75) is 13.8 Å². The molecule has 0 saturated carbocycles. The number of benzene rings is 2. The SMILES string of the molecule is Cc1ccc(-c2csc3ncnc(Nc4c(Cl)cccc4Cl)c23)c(C)c1. The van der Waals surface area contributed by atoms with Crippen LogP contribution in [-0.2, 0) is 0 Å². The van der Waals surface area contributed by atoms with Gasteiger partial charge in [0, 0.05) is 10.9 Å². The molecule has 2 heterocycles. The standard InChI is InChI=1S/C20H15Cl2N3S/c1-11-6-7-13(12(2)8-11)14-9-26-20-17(14)19(23-10-24-20)25-18-15(21)4-3-5-16(18)22/h3-10H,1-2H3,(H,23,24,25). The fraction of sp³-hybridized carbons (Fsp3) is 0.100. The predicted octanol–water partition coefficient (Wildman–Crippen LogP) is 7.03. The Balaban J connectivity index is 1.90. The minimum absolute atomic E-state index is 0.549. The normalized spacial score (nSPS) is 11.1. The van der Waals surface area contributed by atoms with Crippen LogP contribution in [0.25, 0.3) is 21.3 Å². The zero-order valence-corrected chi connectivity index (χ0v) is 16.5. The summed E-state index contributed by atoms with van der Waals surface area (Å²) in [6, 6.07) is 11.9. The van der Waals surface area contributed by atoms with Crippen LogP contribution in [0.2, 0.25) is 10.0 Å². The molecule has 3 nitrogen and oxygen atoms in total. The molecular weight excluding hydrogens is 385 g/mol. The molecule has 0 aliphatic heterocycles. The van der Waals surface area contributed by atoms with E-state index in [9.17, 15) is 0 Å². The first kappa shape index (κ1) is 17.3. The van der Waals surface area contributed by atoms with Gasteiger partial charge in [0.25, 0.3) is 0 Å². The zero-order valence-electron chi connectivity index (χ0n) is 14.2. The van der Waals surface area contributed by atoms with Gasteiger partial charge < -0.3 is 5.32 Å². The van der Waals surface area contributed by atoms with Crippen molar-refractivity contribution in [3.8, 4) is 11.1 Å². The van der Waals surface area contributed by atoms with E-state index < -0.39 is 0 Å². The molecular formula is C20H15Cl2N3S. The molecule has 26 heavy (non-hydrogen) atoms. The number of nitrogens with zero attached hydrogens (tertiary/aromatic N) is 2. The molecule has 0 aliphatic carbocycles. The fourth-order valence-corrected chi connectivity index (χ4v) is 4.42. The number of para-hydroxylation sites is 1. The van der Waals surface area contributed by atoms with Crippen LogP contribution < -0.4 is 5.32 Å². The molecule has 0 bridgehead atoms. The Bertz CT molecular complexity index is 1100. The van der Waals surface area contributed by atoms with E-state index in [2.05, 4.69) is 52.7 Å². The summed E-state index contributed by atoms with van der Waals surface area (Å²) in [4.78, 5) is 9.80. The number of hydrogen-bond donors (Lipinski definition) is 1. The Hall–Kier alpha value is -2.14. The third kappa shape index (κ3) is 3.05. The molecule has 2 aromatic heterocycles. The Morgan fingerprint density at radius 3 is 2.46 bits per heavy atom. The van der Waals surface area contributed by atoms with Gasteiger partial charge in [-0.15, -0.1) is 11.3 Å². The average Bonchev–Trinajstić information content (AvgIpc) is 3.03. The fourth-order valence-electron chi connectivity index (χ4n) is 3.02.